The van der Waals surface area contributed by atoms with Crippen molar-refractivity contribution in [2.75, 3.05) is 0 Å². The van der Waals surface area contributed by atoms with Gasteiger partial charge in [0.15, 0.2) is 0 Å². The van der Waals surface area contributed by atoms with Crippen molar-refractivity contribution in [1.29, 1.82) is 0 Å². The number of aromatic nitrogens is 1. The zero-order valence-corrected chi connectivity index (χ0v) is 10.5. The van der Waals surface area contributed by atoms with Crippen LogP contribution in [0.2, 0.25) is 5.02 Å². The topological polar surface area (TPSA) is 59.3 Å². The van der Waals surface area contributed by atoms with Gasteiger partial charge in [0, 0.05) is 17.6 Å². The molecule has 0 unspecified atom stereocenters. The molecule has 6 heteroatoms. The van der Waals surface area contributed by atoms with Crippen molar-refractivity contribution >= 4 is 28.5 Å². The molecule has 0 saturated carbocycles. The maximum atomic E-state index is 13.5. The van der Waals surface area contributed by atoms with Crippen LogP contribution in [0.15, 0.2) is 16.9 Å². The summed E-state index contributed by atoms with van der Waals surface area (Å²) in [5.41, 5.74) is 0.0829. The number of nitrogens with zero attached hydrogens (tertiary/aromatic N) is 1. The zero-order chi connectivity index (χ0) is 13.7. The first-order valence-electron chi connectivity index (χ1n) is 5.78. The molecule has 19 heavy (non-hydrogen) atoms. The molecule has 2 heterocycles. The molecule has 98 valence electrons. The van der Waals surface area contributed by atoms with Gasteiger partial charge >= 0.3 is 5.97 Å². The van der Waals surface area contributed by atoms with Gasteiger partial charge in [0.2, 0.25) is 5.43 Å². The van der Waals surface area contributed by atoms with Crippen LogP contribution in [0.3, 0.4) is 0 Å². The van der Waals surface area contributed by atoms with Gasteiger partial charge in [-0.1, -0.05) is 11.6 Å². The fourth-order valence-corrected chi connectivity index (χ4v) is 2.79. The summed E-state index contributed by atoms with van der Waals surface area (Å²) in [6.07, 6.45) is 1.29. The number of carbonyl (C=O) groups is 1. The Balaban J connectivity index is 2.55. The van der Waals surface area contributed by atoms with Crippen LogP contribution in [0.4, 0.5) is 4.39 Å². The Morgan fingerprint density at radius 1 is 1.42 bits per heavy atom. The second-order valence-electron chi connectivity index (χ2n) is 4.49. The number of rotatable bonds is 1. The smallest absolute Gasteiger partial charge is 0.341 e. The van der Waals surface area contributed by atoms with E-state index in [4.69, 9.17) is 11.6 Å². The number of halogens is 2. The van der Waals surface area contributed by atoms with Crippen LogP contribution < -0.4 is 5.43 Å². The number of carboxylic acids is 1. The van der Waals surface area contributed by atoms with Crippen LogP contribution in [-0.4, -0.2) is 15.6 Å². The van der Waals surface area contributed by atoms with Crippen molar-refractivity contribution in [3.05, 3.63) is 44.5 Å². The fraction of sp³-hybridized carbons (Fsp3) is 0.231. The fourth-order valence-electron chi connectivity index (χ4n) is 2.63. The van der Waals surface area contributed by atoms with Crippen molar-refractivity contribution in [2.24, 2.45) is 0 Å². The lowest BCUT2D eigenvalue weighted by atomic mass is 10.1. The number of carboxylic acid groups (broad SMARTS) is 1. The maximum Gasteiger partial charge on any atom is 0.341 e. The quantitative estimate of drug-likeness (QED) is 0.873. The number of aryl methyl sites for hydroxylation is 1. The summed E-state index contributed by atoms with van der Waals surface area (Å²) in [6.45, 7) is 0.606. The minimum absolute atomic E-state index is 0.0601. The Kier molecular flexibility index (Phi) is 2.60. The standard InChI is InChI=1S/C13H9ClFNO3/c14-7-5-10-6(4-8(7)15)12(17)11(13(18)19)9-2-1-3-16(9)10/h4-5H,1-3H2,(H,18,19). The highest BCUT2D eigenvalue weighted by Gasteiger charge is 2.25. The Hall–Kier alpha value is -1.88. The number of aromatic carboxylic acids is 1. The van der Waals surface area contributed by atoms with Crippen molar-refractivity contribution in [3.63, 3.8) is 0 Å². The minimum Gasteiger partial charge on any atom is -0.477 e. The van der Waals surface area contributed by atoms with E-state index in [1.165, 1.54) is 6.07 Å². The van der Waals surface area contributed by atoms with Crippen LogP contribution in [0.1, 0.15) is 22.5 Å². The van der Waals surface area contributed by atoms with Gasteiger partial charge in [0.05, 0.1) is 10.5 Å². The molecule has 1 aliphatic heterocycles. The molecule has 0 bridgehead atoms. The van der Waals surface area contributed by atoms with Crippen molar-refractivity contribution in [2.45, 2.75) is 19.4 Å². The largest absolute Gasteiger partial charge is 0.477 e. The molecule has 0 radical (unpaired) electrons. The predicted octanol–water partition coefficient (Wildman–Crippen LogP) is 2.44. The molecule has 3 rings (SSSR count). The lowest BCUT2D eigenvalue weighted by molar-refractivity contribution is 0.0694. The first-order valence-corrected chi connectivity index (χ1v) is 6.16. The summed E-state index contributed by atoms with van der Waals surface area (Å²) >= 11 is 5.74. The van der Waals surface area contributed by atoms with E-state index in [1.807, 2.05) is 0 Å². The number of hydrogen-bond acceptors (Lipinski definition) is 2. The van der Waals surface area contributed by atoms with Gasteiger partial charge in [-0.05, 0) is 25.0 Å². The summed E-state index contributed by atoms with van der Waals surface area (Å²) in [7, 11) is 0. The van der Waals surface area contributed by atoms with Gasteiger partial charge in [-0.2, -0.15) is 0 Å². The van der Waals surface area contributed by atoms with E-state index in [-0.39, 0.29) is 16.0 Å². The van der Waals surface area contributed by atoms with Gasteiger partial charge in [-0.3, -0.25) is 4.79 Å². The van der Waals surface area contributed by atoms with Crippen LogP contribution >= 0.6 is 11.6 Å². The van der Waals surface area contributed by atoms with E-state index < -0.39 is 17.2 Å². The Bertz CT molecular complexity index is 782. The lowest BCUT2D eigenvalue weighted by Gasteiger charge is -2.12. The molecule has 1 aliphatic rings. The average molecular weight is 282 g/mol. The average Bonchev–Trinajstić information content (AvgIpc) is 2.80. The van der Waals surface area contributed by atoms with Crippen molar-refractivity contribution in [1.82, 2.24) is 4.57 Å². The highest BCUT2D eigenvalue weighted by molar-refractivity contribution is 6.31. The van der Waals surface area contributed by atoms with E-state index in [9.17, 15) is 19.1 Å². The SMILES string of the molecule is O=C(O)c1c2n(c3cc(Cl)c(F)cc3c1=O)CCC2. The lowest BCUT2D eigenvalue weighted by Crippen LogP contribution is -2.21. The molecule has 1 N–H and O–H groups in total. The van der Waals surface area contributed by atoms with Gasteiger partial charge in [-0.15, -0.1) is 0 Å². The van der Waals surface area contributed by atoms with Crippen LogP contribution in [-0.2, 0) is 13.0 Å². The molecule has 0 atom stereocenters. The summed E-state index contributed by atoms with van der Waals surface area (Å²) < 4.78 is 15.2. The van der Waals surface area contributed by atoms with Crippen LogP contribution in [0, 0.1) is 5.82 Å². The summed E-state index contributed by atoms with van der Waals surface area (Å²) in [4.78, 5) is 23.4. The zero-order valence-electron chi connectivity index (χ0n) is 9.74. The molecular weight excluding hydrogens is 273 g/mol. The van der Waals surface area contributed by atoms with Gasteiger partial charge in [0.1, 0.15) is 11.4 Å². The highest BCUT2D eigenvalue weighted by atomic mass is 35.5. The number of pyridine rings is 1. The maximum absolute atomic E-state index is 13.5. The molecule has 2 aromatic rings. The third kappa shape index (κ3) is 1.65. The first kappa shape index (κ1) is 12.2. The van der Waals surface area contributed by atoms with E-state index >= 15 is 0 Å². The molecule has 0 amide bonds. The third-order valence-corrected chi connectivity index (χ3v) is 3.71. The molecule has 0 spiro atoms. The monoisotopic (exact) mass is 281 g/mol. The number of benzene rings is 1. The first-order chi connectivity index (χ1) is 9.00. The normalized spacial score (nSPS) is 13.8. The molecule has 0 fully saturated rings. The highest BCUT2D eigenvalue weighted by Crippen LogP contribution is 2.27. The van der Waals surface area contributed by atoms with E-state index in [1.54, 1.807) is 4.57 Å². The molecule has 1 aromatic carbocycles. The second-order valence-corrected chi connectivity index (χ2v) is 4.90. The van der Waals surface area contributed by atoms with E-state index in [0.717, 1.165) is 12.5 Å². The summed E-state index contributed by atoms with van der Waals surface area (Å²) in [5, 5.41) is 9.17. The molecule has 4 nitrogen and oxygen atoms in total. The van der Waals surface area contributed by atoms with Crippen LogP contribution in [0.5, 0.6) is 0 Å². The predicted molar refractivity (Wildman–Crippen MR) is 68.5 cm³/mol. The van der Waals surface area contributed by atoms with Crippen molar-refractivity contribution < 1.29 is 14.3 Å². The number of hydrogen-bond donors (Lipinski definition) is 1. The van der Waals surface area contributed by atoms with Crippen LogP contribution in [0.25, 0.3) is 10.9 Å². The Morgan fingerprint density at radius 3 is 2.84 bits per heavy atom. The van der Waals surface area contributed by atoms with Gasteiger partial charge in [0.25, 0.3) is 0 Å². The Labute approximate surface area is 112 Å². The van der Waals surface area contributed by atoms with Crippen molar-refractivity contribution in [3.8, 4) is 0 Å². The molecular formula is C13H9ClFNO3. The van der Waals surface area contributed by atoms with E-state index in [0.29, 0.717) is 24.2 Å². The minimum atomic E-state index is -1.27. The molecule has 0 saturated heterocycles. The third-order valence-electron chi connectivity index (χ3n) is 3.42. The Morgan fingerprint density at radius 2 is 2.16 bits per heavy atom. The molecule has 0 aliphatic carbocycles. The van der Waals surface area contributed by atoms with E-state index in [2.05, 4.69) is 0 Å². The summed E-state index contributed by atoms with van der Waals surface area (Å²) in [6, 6.07) is 2.39. The number of fused-ring (bicyclic) bond motifs is 3. The van der Waals surface area contributed by atoms with Gasteiger partial charge in [-0.25, -0.2) is 9.18 Å². The second kappa shape index (κ2) is 4.06. The summed E-state index contributed by atoms with van der Waals surface area (Å²) in [5.74, 6) is -1.99. The molecule has 1 aromatic heterocycles. The van der Waals surface area contributed by atoms with Gasteiger partial charge < -0.3 is 9.67 Å².